The smallest absolute Gasteiger partial charge is 0.336 e. The third kappa shape index (κ3) is 1.73. The number of allylic oxidation sites excluding steroid dienone is 1. The lowest BCUT2D eigenvalue weighted by Crippen LogP contribution is -1.95. The second-order valence-corrected chi connectivity index (χ2v) is 4.38. The van der Waals surface area contributed by atoms with Gasteiger partial charge in [-0.2, -0.15) is 0 Å². The van der Waals surface area contributed by atoms with Gasteiger partial charge in [0.1, 0.15) is 17.1 Å². The lowest BCUT2D eigenvalue weighted by atomic mass is 10.1. The minimum absolute atomic E-state index is 0.403. The summed E-state index contributed by atoms with van der Waals surface area (Å²) in [7, 11) is 1.56. The summed E-state index contributed by atoms with van der Waals surface area (Å²) >= 11 is 0. The molecule has 2 heterocycles. The van der Waals surface area contributed by atoms with Crippen molar-refractivity contribution in [3.05, 3.63) is 47.0 Å². The molecular formula is C15H12O4. The summed E-state index contributed by atoms with van der Waals surface area (Å²) in [6.45, 7) is 5.70. The molecule has 2 aromatic heterocycles. The molecule has 4 nitrogen and oxygen atoms in total. The molecule has 0 bridgehead atoms. The molecule has 0 N–H and O–H groups in total. The first-order chi connectivity index (χ1) is 9.10. The van der Waals surface area contributed by atoms with E-state index in [1.165, 1.54) is 6.07 Å². The van der Waals surface area contributed by atoms with E-state index in [4.69, 9.17) is 13.6 Å². The van der Waals surface area contributed by atoms with Crippen LogP contribution in [0.25, 0.3) is 27.5 Å². The van der Waals surface area contributed by atoms with E-state index in [2.05, 4.69) is 6.58 Å². The molecule has 0 radical (unpaired) electrons. The molecule has 19 heavy (non-hydrogen) atoms. The summed E-state index contributed by atoms with van der Waals surface area (Å²) < 4.78 is 16.3. The normalized spacial score (nSPS) is 11.1. The van der Waals surface area contributed by atoms with Gasteiger partial charge in [0.15, 0.2) is 5.58 Å². The lowest BCUT2D eigenvalue weighted by molar-refractivity contribution is 0.418. The molecule has 0 saturated carbocycles. The standard InChI is InChI=1S/C15H12O4/c1-8(2)11-6-10-13(18-11)7-12(17-3)9-4-5-14(16)19-15(9)10/h4-7H,1H2,2-3H3. The van der Waals surface area contributed by atoms with Gasteiger partial charge in [-0.3, -0.25) is 0 Å². The van der Waals surface area contributed by atoms with Gasteiger partial charge in [0.25, 0.3) is 0 Å². The summed E-state index contributed by atoms with van der Waals surface area (Å²) in [4.78, 5) is 11.4. The summed E-state index contributed by atoms with van der Waals surface area (Å²) in [6.07, 6.45) is 0. The highest BCUT2D eigenvalue weighted by molar-refractivity contribution is 6.06. The van der Waals surface area contributed by atoms with Crippen LogP contribution >= 0.6 is 0 Å². The predicted molar refractivity (Wildman–Crippen MR) is 73.5 cm³/mol. The van der Waals surface area contributed by atoms with Crippen LogP contribution in [0.15, 0.2) is 44.5 Å². The van der Waals surface area contributed by atoms with Gasteiger partial charge in [-0.05, 0) is 24.6 Å². The number of hydrogen-bond donors (Lipinski definition) is 0. The fraction of sp³-hybridized carbons (Fsp3) is 0.133. The van der Waals surface area contributed by atoms with Crippen LogP contribution in [0.3, 0.4) is 0 Å². The van der Waals surface area contributed by atoms with Gasteiger partial charge in [0, 0.05) is 12.1 Å². The molecule has 0 amide bonds. The first kappa shape index (κ1) is 11.6. The van der Waals surface area contributed by atoms with Crippen LogP contribution in [0.1, 0.15) is 12.7 Å². The largest absolute Gasteiger partial charge is 0.496 e. The fourth-order valence-corrected chi connectivity index (χ4v) is 2.08. The van der Waals surface area contributed by atoms with E-state index in [1.54, 1.807) is 19.2 Å². The Labute approximate surface area is 108 Å². The molecule has 0 spiro atoms. The van der Waals surface area contributed by atoms with Gasteiger partial charge in [-0.25, -0.2) is 4.79 Å². The van der Waals surface area contributed by atoms with Crippen molar-refractivity contribution in [2.24, 2.45) is 0 Å². The second kappa shape index (κ2) is 4.02. The maximum Gasteiger partial charge on any atom is 0.336 e. The molecule has 0 fully saturated rings. The van der Waals surface area contributed by atoms with Crippen LogP contribution in [0.4, 0.5) is 0 Å². The van der Waals surface area contributed by atoms with Gasteiger partial charge in [-0.15, -0.1) is 0 Å². The van der Waals surface area contributed by atoms with Crippen molar-refractivity contribution in [2.45, 2.75) is 6.92 Å². The zero-order valence-corrected chi connectivity index (χ0v) is 10.6. The fourth-order valence-electron chi connectivity index (χ4n) is 2.08. The summed E-state index contributed by atoms with van der Waals surface area (Å²) in [5, 5.41) is 1.48. The Balaban J connectivity index is 2.51. The molecular weight excluding hydrogens is 244 g/mol. The molecule has 3 rings (SSSR count). The molecule has 0 saturated heterocycles. The molecule has 1 aromatic carbocycles. The number of hydrogen-bond acceptors (Lipinski definition) is 4. The quantitative estimate of drug-likeness (QED) is 0.657. The highest BCUT2D eigenvalue weighted by atomic mass is 16.5. The maximum atomic E-state index is 11.4. The van der Waals surface area contributed by atoms with Gasteiger partial charge < -0.3 is 13.6 Å². The van der Waals surface area contributed by atoms with Crippen molar-refractivity contribution in [2.75, 3.05) is 7.11 Å². The van der Waals surface area contributed by atoms with Crippen LogP contribution in [-0.4, -0.2) is 7.11 Å². The minimum atomic E-state index is -0.403. The average molecular weight is 256 g/mol. The van der Waals surface area contributed by atoms with Crippen molar-refractivity contribution < 1.29 is 13.6 Å². The van der Waals surface area contributed by atoms with Gasteiger partial charge in [0.05, 0.1) is 17.9 Å². The molecule has 0 atom stereocenters. The van der Waals surface area contributed by atoms with E-state index in [9.17, 15) is 4.79 Å². The van der Waals surface area contributed by atoms with E-state index in [-0.39, 0.29) is 0 Å². The molecule has 96 valence electrons. The Bertz CT molecular complexity index is 852. The number of fused-ring (bicyclic) bond motifs is 3. The Hall–Kier alpha value is -2.49. The van der Waals surface area contributed by atoms with Gasteiger partial charge in [-0.1, -0.05) is 6.58 Å². The van der Waals surface area contributed by atoms with E-state index < -0.39 is 5.63 Å². The predicted octanol–water partition coefficient (Wildman–Crippen LogP) is 3.58. The summed E-state index contributed by atoms with van der Waals surface area (Å²) in [6, 6.07) is 6.66. The van der Waals surface area contributed by atoms with Crippen LogP contribution in [-0.2, 0) is 0 Å². The van der Waals surface area contributed by atoms with E-state index in [0.717, 1.165) is 16.3 Å². The van der Waals surface area contributed by atoms with Crippen molar-refractivity contribution in [1.82, 2.24) is 0 Å². The molecule has 0 aliphatic rings. The zero-order valence-electron chi connectivity index (χ0n) is 10.6. The number of furan rings is 1. The van der Waals surface area contributed by atoms with Crippen LogP contribution < -0.4 is 10.4 Å². The zero-order chi connectivity index (χ0) is 13.6. The average Bonchev–Trinajstić information content (AvgIpc) is 2.81. The Morgan fingerprint density at radius 3 is 2.68 bits per heavy atom. The lowest BCUT2D eigenvalue weighted by Gasteiger charge is -2.04. The Morgan fingerprint density at radius 2 is 2.00 bits per heavy atom. The van der Waals surface area contributed by atoms with E-state index in [1.807, 2.05) is 13.0 Å². The van der Waals surface area contributed by atoms with E-state index in [0.29, 0.717) is 22.7 Å². The van der Waals surface area contributed by atoms with Gasteiger partial charge in [0.2, 0.25) is 0 Å². The summed E-state index contributed by atoms with van der Waals surface area (Å²) in [5.41, 5.74) is 1.48. The van der Waals surface area contributed by atoms with Crippen molar-refractivity contribution >= 4 is 27.5 Å². The van der Waals surface area contributed by atoms with Gasteiger partial charge >= 0.3 is 5.63 Å². The maximum absolute atomic E-state index is 11.4. The van der Waals surface area contributed by atoms with E-state index >= 15 is 0 Å². The van der Waals surface area contributed by atoms with Crippen LogP contribution in [0.5, 0.6) is 5.75 Å². The molecule has 3 aromatic rings. The minimum Gasteiger partial charge on any atom is -0.496 e. The molecule has 4 heteroatoms. The van der Waals surface area contributed by atoms with Crippen molar-refractivity contribution in [3.63, 3.8) is 0 Å². The van der Waals surface area contributed by atoms with Crippen LogP contribution in [0.2, 0.25) is 0 Å². The number of methoxy groups -OCH3 is 1. The highest BCUT2D eigenvalue weighted by Crippen LogP contribution is 2.35. The first-order valence-corrected chi connectivity index (χ1v) is 5.80. The van der Waals surface area contributed by atoms with Crippen LogP contribution in [0, 0.1) is 0 Å². The SMILES string of the molecule is C=C(C)c1cc2c(cc(OC)c3ccc(=O)oc32)o1. The summed E-state index contributed by atoms with van der Waals surface area (Å²) in [5.74, 6) is 1.27. The third-order valence-electron chi connectivity index (χ3n) is 3.01. The molecule has 0 unspecified atom stereocenters. The van der Waals surface area contributed by atoms with Crippen molar-refractivity contribution in [3.8, 4) is 5.75 Å². The topological polar surface area (TPSA) is 52.6 Å². The Kier molecular flexibility index (Phi) is 2.45. The third-order valence-corrected chi connectivity index (χ3v) is 3.01. The van der Waals surface area contributed by atoms with Crippen molar-refractivity contribution in [1.29, 1.82) is 0 Å². The number of ether oxygens (including phenoxy) is 1. The highest BCUT2D eigenvalue weighted by Gasteiger charge is 2.14. The number of rotatable bonds is 2. The monoisotopic (exact) mass is 256 g/mol. The molecule has 0 aliphatic carbocycles. The first-order valence-electron chi connectivity index (χ1n) is 5.80. The Morgan fingerprint density at radius 1 is 1.21 bits per heavy atom. The molecule has 0 aliphatic heterocycles. The number of benzene rings is 1. The second-order valence-electron chi connectivity index (χ2n) is 4.38.